The van der Waals surface area contributed by atoms with Crippen molar-refractivity contribution >= 4 is 5.91 Å². The lowest BCUT2D eigenvalue weighted by Gasteiger charge is -2.42. The molecule has 2 aliphatic carbocycles. The zero-order valence-corrected chi connectivity index (χ0v) is 11.7. The molecule has 2 aliphatic rings. The summed E-state index contributed by atoms with van der Waals surface area (Å²) in [4.78, 5) is 12.0. The van der Waals surface area contributed by atoms with E-state index in [4.69, 9.17) is 5.73 Å². The minimum atomic E-state index is 0.153. The largest absolute Gasteiger partial charge is 0.351 e. The van der Waals surface area contributed by atoms with Crippen molar-refractivity contribution in [1.82, 2.24) is 5.32 Å². The minimum absolute atomic E-state index is 0.153. The van der Waals surface area contributed by atoms with E-state index in [2.05, 4.69) is 12.2 Å². The quantitative estimate of drug-likeness (QED) is 0.790. The first-order valence-corrected chi connectivity index (χ1v) is 7.70. The maximum Gasteiger partial charge on any atom is 0.220 e. The first-order chi connectivity index (χ1) is 8.63. The van der Waals surface area contributed by atoms with E-state index in [1.807, 2.05) is 0 Å². The summed E-state index contributed by atoms with van der Waals surface area (Å²) < 4.78 is 0. The average Bonchev–Trinajstić information content (AvgIpc) is 2.31. The lowest BCUT2D eigenvalue weighted by molar-refractivity contribution is -0.124. The number of rotatable bonds is 5. The van der Waals surface area contributed by atoms with E-state index in [0.29, 0.717) is 18.4 Å². The Hall–Kier alpha value is -0.570. The summed E-state index contributed by atoms with van der Waals surface area (Å²) in [6.45, 7) is 2.18. The van der Waals surface area contributed by atoms with Crippen LogP contribution in [0.1, 0.15) is 71.1 Å². The maximum atomic E-state index is 12.0. The van der Waals surface area contributed by atoms with Crippen LogP contribution in [0.4, 0.5) is 0 Å². The van der Waals surface area contributed by atoms with Crippen molar-refractivity contribution in [2.45, 2.75) is 82.7 Å². The smallest absolute Gasteiger partial charge is 0.220 e. The van der Waals surface area contributed by atoms with Crippen LogP contribution in [0.25, 0.3) is 0 Å². The molecule has 2 unspecified atom stereocenters. The Morgan fingerprint density at radius 2 is 2.11 bits per heavy atom. The van der Waals surface area contributed by atoms with Gasteiger partial charge in [-0.2, -0.15) is 0 Å². The highest BCUT2D eigenvalue weighted by Gasteiger charge is 2.36. The van der Waals surface area contributed by atoms with E-state index in [-0.39, 0.29) is 11.4 Å². The molecule has 0 saturated heterocycles. The molecule has 3 heteroatoms. The lowest BCUT2D eigenvalue weighted by Crippen LogP contribution is -2.53. The van der Waals surface area contributed by atoms with Crippen molar-refractivity contribution in [3.8, 4) is 0 Å². The number of amides is 1. The molecule has 2 rings (SSSR count). The van der Waals surface area contributed by atoms with Crippen LogP contribution in [0.15, 0.2) is 0 Å². The fourth-order valence-corrected chi connectivity index (χ4v) is 3.46. The average molecular weight is 252 g/mol. The molecule has 18 heavy (non-hydrogen) atoms. The first kappa shape index (κ1) is 13.9. The van der Waals surface area contributed by atoms with Gasteiger partial charge in [-0.05, 0) is 50.9 Å². The highest BCUT2D eigenvalue weighted by Crippen LogP contribution is 2.35. The van der Waals surface area contributed by atoms with E-state index in [1.54, 1.807) is 0 Å². The Balaban J connectivity index is 1.68. The molecule has 2 fully saturated rings. The number of nitrogens with one attached hydrogen (secondary N) is 1. The molecule has 0 heterocycles. The molecule has 0 spiro atoms. The normalized spacial score (nSPS) is 30.6. The van der Waals surface area contributed by atoms with Crippen LogP contribution < -0.4 is 11.1 Å². The van der Waals surface area contributed by atoms with Gasteiger partial charge in [0.2, 0.25) is 5.91 Å². The van der Waals surface area contributed by atoms with Crippen molar-refractivity contribution in [3.63, 3.8) is 0 Å². The van der Waals surface area contributed by atoms with Gasteiger partial charge < -0.3 is 11.1 Å². The topological polar surface area (TPSA) is 55.1 Å². The lowest BCUT2D eigenvalue weighted by atomic mass is 9.74. The van der Waals surface area contributed by atoms with E-state index < -0.39 is 0 Å². The van der Waals surface area contributed by atoms with Gasteiger partial charge in [0.1, 0.15) is 0 Å². The summed E-state index contributed by atoms with van der Waals surface area (Å²) in [6, 6.07) is 0.375. The number of hydrogen-bond acceptors (Lipinski definition) is 2. The van der Waals surface area contributed by atoms with Crippen molar-refractivity contribution in [2.24, 2.45) is 11.7 Å². The van der Waals surface area contributed by atoms with Gasteiger partial charge in [0.15, 0.2) is 0 Å². The van der Waals surface area contributed by atoms with Gasteiger partial charge in [-0.3, -0.25) is 4.79 Å². The molecule has 2 atom stereocenters. The summed E-state index contributed by atoms with van der Waals surface area (Å²) in [6.07, 6.45) is 11.2. The molecular weight excluding hydrogens is 224 g/mol. The third-order valence-electron chi connectivity index (χ3n) is 5.00. The number of hydrogen-bond donors (Lipinski definition) is 2. The molecule has 104 valence electrons. The molecule has 1 amide bonds. The molecule has 0 radical (unpaired) electrons. The second-order valence-corrected chi connectivity index (χ2v) is 6.37. The van der Waals surface area contributed by atoms with Crippen LogP contribution in [0.5, 0.6) is 0 Å². The van der Waals surface area contributed by atoms with Gasteiger partial charge >= 0.3 is 0 Å². The molecular formula is C15H28N2O. The number of nitrogens with two attached hydrogens (primary N) is 1. The van der Waals surface area contributed by atoms with Gasteiger partial charge in [-0.1, -0.05) is 19.8 Å². The molecule has 3 N–H and O–H groups in total. The zero-order chi connectivity index (χ0) is 13.0. The highest BCUT2D eigenvalue weighted by atomic mass is 16.1. The molecule has 2 saturated carbocycles. The van der Waals surface area contributed by atoms with E-state index in [9.17, 15) is 4.79 Å². The Morgan fingerprint density at radius 3 is 2.67 bits per heavy atom. The van der Waals surface area contributed by atoms with Crippen molar-refractivity contribution in [2.75, 3.05) is 0 Å². The van der Waals surface area contributed by atoms with Gasteiger partial charge in [-0.25, -0.2) is 0 Å². The Kier molecular flexibility index (Phi) is 4.66. The standard InChI is InChI=1S/C15H28N2O/c1-2-15(9-4-10-15)17-14(18)8-7-12-5-3-6-13(16)11-12/h12-13H,2-11,16H2,1H3,(H,17,18). The highest BCUT2D eigenvalue weighted by molar-refractivity contribution is 5.76. The summed E-state index contributed by atoms with van der Waals surface area (Å²) in [7, 11) is 0. The second kappa shape index (κ2) is 6.05. The molecule has 0 bridgehead atoms. The van der Waals surface area contributed by atoms with Crippen LogP contribution in [0.2, 0.25) is 0 Å². The zero-order valence-electron chi connectivity index (χ0n) is 11.7. The van der Waals surface area contributed by atoms with E-state index >= 15 is 0 Å². The predicted octanol–water partition coefficient (Wildman–Crippen LogP) is 2.73. The summed E-state index contributed by atoms with van der Waals surface area (Å²) in [5.41, 5.74) is 6.14. The fourth-order valence-electron chi connectivity index (χ4n) is 3.46. The number of carbonyl (C=O) groups excluding carboxylic acids is 1. The Bertz CT molecular complexity index is 281. The summed E-state index contributed by atoms with van der Waals surface area (Å²) in [5, 5.41) is 3.26. The fraction of sp³-hybridized carbons (Fsp3) is 0.933. The van der Waals surface area contributed by atoms with Crippen LogP contribution in [0, 0.1) is 5.92 Å². The van der Waals surface area contributed by atoms with Crippen LogP contribution in [-0.4, -0.2) is 17.5 Å². The third kappa shape index (κ3) is 3.47. The molecule has 3 nitrogen and oxygen atoms in total. The van der Waals surface area contributed by atoms with Crippen molar-refractivity contribution in [3.05, 3.63) is 0 Å². The summed E-state index contributed by atoms with van der Waals surface area (Å²) in [5.74, 6) is 0.939. The Morgan fingerprint density at radius 1 is 1.33 bits per heavy atom. The predicted molar refractivity (Wildman–Crippen MR) is 74.2 cm³/mol. The second-order valence-electron chi connectivity index (χ2n) is 6.37. The van der Waals surface area contributed by atoms with Gasteiger partial charge in [0, 0.05) is 18.0 Å². The van der Waals surface area contributed by atoms with E-state index in [0.717, 1.165) is 19.3 Å². The summed E-state index contributed by atoms with van der Waals surface area (Å²) >= 11 is 0. The molecule has 0 aromatic carbocycles. The maximum absolute atomic E-state index is 12.0. The Labute approximate surface area is 111 Å². The number of carbonyl (C=O) groups is 1. The molecule has 0 aromatic rings. The van der Waals surface area contributed by atoms with E-state index in [1.165, 1.54) is 38.5 Å². The SMILES string of the molecule is CCC1(NC(=O)CCC2CCCC(N)C2)CCC1. The van der Waals surface area contributed by atoms with Crippen molar-refractivity contribution in [1.29, 1.82) is 0 Å². The molecule has 0 aromatic heterocycles. The third-order valence-corrected chi connectivity index (χ3v) is 5.00. The molecule has 0 aliphatic heterocycles. The van der Waals surface area contributed by atoms with Gasteiger partial charge in [-0.15, -0.1) is 0 Å². The van der Waals surface area contributed by atoms with Gasteiger partial charge in [0.05, 0.1) is 0 Å². The van der Waals surface area contributed by atoms with Gasteiger partial charge in [0.25, 0.3) is 0 Å². The van der Waals surface area contributed by atoms with Crippen molar-refractivity contribution < 1.29 is 4.79 Å². The first-order valence-electron chi connectivity index (χ1n) is 7.70. The van der Waals surface area contributed by atoms with Crippen LogP contribution in [-0.2, 0) is 4.79 Å². The van der Waals surface area contributed by atoms with Crippen LogP contribution in [0.3, 0.4) is 0 Å². The van der Waals surface area contributed by atoms with Crippen LogP contribution >= 0.6 is 0 Å². The monoisotopic (exact) mass is 252 g/mol. The minimum Gasteiger partial charge on any atom is -0.351 e.